The number of fused-ring (bicyclic) bond motifs is 1. The molecule has 0 atom stereocenters. The van der Waals surface area contributed by atoms with Crippen molar-refractivity contribution in [3.05, 3.63) is 77.9 Å². The summed E-state index contributed by atoms with van der Waals surface area (Å²) >= 11 is 6.83. The first-order valence-electron chi connectivity index (χ1n) is 9.83. The van der Waals surface area contributed by atoms with Crippen molar-refractivity contribution in [2.75, 3.05) is 23.2 Å². The second-order valence-corrected chi connectivity index (χ2v) is 8.48. The number of anilines is 2. The van der Waals surface area contributed by atoms with Gasteiger partial charge in [0, 0.05) is 27.4 Å². The summed E-state index contributed by atoms with van der Waals surface area (Å²) in [7, 11) is 0. The van der Waals surface area contributed by atoms with E-state index < -0.39 is 0 Å². The van der Waals surface area contributed by atoms with Gasteiger partial charge < -0.3 is 20.1 Å². The lowest BCUT2D eigenvalue weighted by Gasteiger charge is -2.12. The van der Waals surface area contributed by atoms with Crippen LogP contribution in [0.5, 0.6) is 11.5 Å². The summed E-state index contributed by atoms with van der Waals surface area (Å²) in [4.78, 5) is 24.9. The lowest BCUT2D eigenvalue weighted by atomic mass is 10.1. The zero-order valence-electron chi connectivity index (χ0n) is 17.2. The quantitative estimate of drug-likeness (QED) is 0.273. The van der Waals surface area contributed by atoms with E-state index in [1.54, 1.807) is 42.5 Å². The van der Waals surface area contributed by atoms with Gasteiger partial charge in [-0.1, -0.05) is 6.07 Å². The molecule has 32 heavy (non-hydrogen) atoms. The van der Waals surface area contributed by atoms with E-state index in [0.717, 1.165) is 16.3 Å². The third-order valence-electron chi connectivity index (χ3n) is 4.71. The fourth-order valence-corrected chi connectivity index (χ4v) is 4.13. The minimum Gasteiger partial charge on any atom is -0.454 e. The Balaban J connectivity index is 1.32. The number of ketones is 2. The Labute approximate surface area is 195 Å². The molecule has 1 aliphatic heterocycles. The summed E-state index contributed by atoms with van der Waals surface area (Å²) in [6.07, 6.45) is 0. The number of carbonyl (C=O) groups is 2. The molecule has 0 saturated heterocycles. The largest absolute Gasteiger partial charge is 0.454 e. The minimum absolute atomic E-state index is 0.0119. The van der Waals surface area contributed by atoms with Crippen LogP contribution in [0, 0.1) is 0 Å². The highest BCUT2D eigenvalue weighted by Crippen LogP contribution is 2.33. The Bertz CT molecular complexity index is 1180. The first-order chi connectivity index (χ1) is 15.5. The Morgan fingerprint density at radius 2 is 1.62 bits per heavy atom. The fraction of sp³-hybridized carbons (Fsp3) is 0.125. The van der Waals surface area contributed by atoms with Gasteiger partial charge >= 0.3 is 0 Å². The number of carbonyl (C=O) groups excluding carboxylic acids is 2. The van der Waals surface area contributed by atoms with Gasteiger partial charge in [-0.05, 0) is 79.8 Å². The summed E-state index contributed by atoms with van der Waals surface area (Å²) in [5.74, 6) is 1.59. The van der Waals surface area contributed by atoms with Crippen molar-refractivity contribution >= 4 is 52.0 Å². The molecule has 0 spiro atoms. The molecule has 0 bridgehead atoms. The lowest BCUT2D eigenvalue weighted by molar-refractivity contribution is 0.101. The number of ether oxygens (including phenoxy) is 2. The van der Waals surface area contributed by atoms with Gasteiger partial charge in [0.1, 0.15) is 0 Å². The summed E-state index contributed by atoms with van der Waals surface area (Å²) in [6, 6.07) is 20.0. The van der Waals surface area contributed by atoms with Gasteiger partial charge in [-0.2, -0.15) is 0 Å². The molecule has 3 aromatic carbocycles. The molecule has 0 saturated carbocycles. The van der Waals surface area contributed by atoms with Gasteiger partial charge in [0.2, 0.25) is 6.79 Å². The first-order valence-corrected chi connectivity index (χ1v) is 11.2. The maximum absolute atomic E-state index is 12.6. The maximum atomic E-state index is 12.6. The summed E-state index contributed by atoms with van der Waals surface area (Å²) in [5.41, 5.74) is 2.84. The lowest BCUT2D eigenvalue weighted by Crippen LogP contribution is -2.19. The molecule has 1 heterocycles. The number of Topliss-reactive ketones (excluding diaryl/α,β-unsaturated/α-hetero) is 2. The average molecular weight is 465 g/mol. The molecule has 0 unspecified atom stereocenters. The van der Waals surface area contributed by atoms with E-state index in [-0.39, 0.29) is 18.4 Å². The molecule has 0 fully saturated rings. The predicted molar refractivity (Wildman–Crippen MR) is 130 cm³/mol. The second-order valence-electron chi connectivity index (χ2n) is 7.02. The first kappa shape index (κ1) is 21.9. The molecular formula is C24H20N2O4S2. The Hall–Kier alpha value is -3.36. The van der Waals surface area contributed by atoms with E-state index >= 15 is 0 Å². The van der Waals surface area contributed by atoms with Crippen molar-refractivity contribution in [2.24, 2.45) is 0 Å². The number of hydrogen-bond acceptors (Lipinski definition) is 6. The standard InChI is InChI=1S/C24H20N2O4S2/c1-15(27)16-5-8-18(9-6-16)25-24(31)26-19-3-2-4-20(12-19)32-13-21(28)17-7-10-22-23(11-17)30-14-29-22/h2-12H,13-14H2,1H3,(H2,25,26,31). The van der Waals surface area contributed by atoms with E-state index in [1.165, 1.54) is 18.7 Å². The highest BCUT2D eigenvalue weighted by Gasteiger charge is 2.16. The van der Waals surface area contributed by atoms with E-state index in [0.29, 0.717) is 33.5 Å². The van der Waals surface area contributed by atoms with E-state index in [9.17, 15) is 9.59 Å². The van der Waals surface area contributed by atoms with Crippen molar-refractivity contribution in [1.29, 1.82) is 0 Å². The Morgan fingerprint density at radius 3 is 2.41 bits per heavy atom. The van der Waals surface area contributed by atoms with Crippen LogP contribution in [-0.4, -0.2) is 29.2 Å². The van der Waals surface area contributed by atoms with Gasteiger partial charge in [0.05, 0.1) is 5.75 Å². The summed E-state index contributed by atoms with van der Waals surface area (Å²) < 4.78 is 10.6. The van der Waals surface area contributed by atoms with Crippen LogP contribution in [-0.2, 0) is 0 Å². The third kappa shape index (κ3) is 5.46. The molecule has 0 aliphatic carbocycles. The smallest absolute Gasteiger partial charge is 0.231 e. The van der Waals surface area contributed by atoms with Crippen molar-refractivity contribution in [3.8, 4) is 11.5 Å². The van der Waals surface area contributed by atoms with Crippen LogP contribution in [0.15, 0.2) is 71.6 Å². The molecule has 0 radical (unpaired) electrons. The zero-order valence-corrected chi connectivity index (χ0v) is 18.8. The molecule has 0 aromatic heterocycles. The number of benzene rings is 3. The number of rotatable bonds is 7. The number of nitrogens with one attached hydrogen (secondary N) is 2. The average Bonchev–Trinajstić information content (AvgIpc) is 3.26. The molecule has 8 heteroatoms. The Morgan fingerprint density at radius 1 is 0.906 bits per heavy atom. The second kappa shape index (κ2) is 9.84. The van der Waals surface area contributed by atoms with Crippen LogP contribution in [0.25, 0.3) is 0 Å². The summed E-state index contributed by atoms with van der Waals surface area (Å²) in [5, 5.41) is 6.66. The minimum atomic E-state index is 0.0119. The van der Waals surface area contributed by atoms with Gasteiger partial charge in [0.15, 0.2) is 28.2 Å². The molecule has 1 aliphatic rings. The van der Waals surface area contributed by atoms with E-state index in [4.69, 9.17) is 21.7 Å². The molecule has 162 valence electrons. The number of thiocarbonyl (C=S) groups is 1. The molecule has 6 nitrogen and oxygen atoms in total. The normalized spacial score (nSPS) is 11.7. The van der Waals surface area contributed by atoms with Crippen LogP contribution in [0.3, 0.4) is 0 Å². The van der Waals surface area contributed by atoms with Crippen molar-refractivity contribution in [2.45, 2.75) is 11.8 Å². The molecule has 2 N–H and O–H groups in total. The van der Waals surface area contributed by atoms with Gasteiger partial charge in [-0.3, -0.25) is 9.59 Å². The summed E-state index contributed by atoms with van der Waals surface area (Å²) in [6.45, 7) is 1.71. The molecule has 4 rings (SSSR count). The SMILES string of the molecule is CC(=O)c1ccc(NC(=S)Nc2cccc(SCC(=O)c3ccc4c(c3)OCO4)c2)cc1. The van der Waals surface area contributed by atoms with Crippen LogP contribution in [0.2, 0.25) is 0 Å². The van der Waals surface area contributed by atoms with E-state index in [2.05, 4.69) is 10.6 Å². The van der Waals surface area contributed by atoms with Crippen LogP contribution in [0.4, 0.5) is 11.4 Å². The highest BCUT2D eigenvalue weighted by atomic mass is 32.2. The predicted octanol–water partition coefficient (Wildman–Crippen LogP) is 5.40. The zero-order chi connectivity index (χ0) is 22.5. The molecule has 0 amide bonds. The van der Waals surface area contributed by atoms with Crippen LogP contribution >= 0.6 is 24.0 Å². The maximum Gasteiger partial charge on any atom is 0.231 e. The number of thioether (sulfide) groups is 1. The van der Waals surface area contributed by atoms with Crippen LogP contribution in [0.1, 0.15) is 27.6 Å². The third-order valence-corrected chi connectivity index (χ3v) is 5.90. The van der Waals surface area contributed by atoms with Crippen LogP contribution < -0.4 is 20.1 Å². The van der Waals surface area contributed by atoms with Gasteiger partial charge in [-0.25, -0.2) is 0 Å². The van der Waals surface area contributed by atoms with Gasteiger partial charge in [0.25, 0.3) is 0 Å². The Kier molecular flexibility index (Phi) is 6.72. The monoisotopic (exact) mass is 464 g/mol. The molecular weight excluding hydrogens is 444 g/mol. The van der Waals surface area contributed by atoms with E-state index in [1.807, 2.05) is 24.3 Å². The molecule has 3 aromatic rings. The fourth-order valence-electron chi connectivity index (χ4n) is 3.05. The highest BCUT2D eigenvalue weighted by molar-refractivity contribution is 8.00. The van der Waals surface area contributed by atoms with Crippen molar-refractivity contribution in [3.63, 3.8) is 0 Å². The topological polar surface area (TPSA) is 76.7 Å². The van der Waals surface area contributed by atoms with Crippen molar-refractivity contribution in [1.82, 2.24) is 0 Å². The van der Waals surface area contributed by atoms with Gasteiger partial charge in [-0.15, -0.1) is 11.8 Å². The van der Waals surface area contributed by atoms with Crippen molar-refractivity contribution < 1.29 is 19.1 Å². The number of hydrogen-bond donors (Lipinski definition) is 2.